The molecule has 0 spiro atoms. The van der Waals surface area contributed by atoms with Crippen molar-refractivity contribution in [3.8, 4) is 0 Å². The molecule has 1 nitrogen and oxygen atoms in total. The fourth-order valence-electron chi connectivity index (χ4n) is 0.856. The molecule has 10 heavy (non-hydrogen) atoms. The Morgan fingerprint density at radius 3 is 1.60 bits per heavy atom. The molecule has 0 aromatic rings. The van der Waals surface area contributed by atoms with Gasteiger partial charge in [0.2, 0.25) is 0 Å². The van der Waals surface area contributed by atoms with E-state index in [1.54, 1.807) is 0 Å². The van der Waals surface area contributed by atoms with Crippen LogP contribution >= 0.6 is 0 Å². The molecule has 0 aliphatic rings. The van der Waals surface area contributed by atoms with Crippen molar-refractivity contribution in [3.05, 3.63) is 0 Å². The minimum absolute atomic E-state index is 0.809. The van der Waals surface area contributed by atoms with Crippen molar-refractivity contribution < 1.29 is 0 Å². The van der Waals surface area contributed by atoms with Crippen LogP contribution in [-0.2, 0) is 0 Å². The van der Waals surface area contributed by atoms with E-state index < -0.39 is 7.59 Å². The first-order valence-corrected chi connectivity index (χ1v) is 9.47. The van der Waals surface area contributed by atoms with E-state index in [1.165, 1.54) is 13.1 Å². The first-order valence-electron chi connectivity index (χ1n) is 4.02. The van der Waals surface area contributed by atoms with E-state index in [4.69, 9.17) is 0 Å². The first-order chi connectivity index (χ1) is 4.49. The lowest BCUT2D eigenvalue weighted by Gasteiger charge is -2.24. The molecular formula is C7H19NSi2. The van der Waals surface area contributed by atoms with Gasteiger partial charge in [-0.25, -0.2) is 0 Å². The minimum Gasteiger partial charge on any atom is -0.328 e. The highest BCUT2D eigenvalue weighted by molar-refractivity contribution is 7.22. The normalized spacial score (nSPS) is 12.6. The summed E-state index contributed by atoms with van der Waals surface area (Å²) in [5.74, 6) is 0. The van der Waals surface area contributed by atoms with Gasteiger partial charge in [-0.05, 0) is 13.1 Å². The lowest BCUT2D eigenvalue weighted by atomic mass is 10.7. The summed E-state index contributed by atoms with van der Waals surface area (Å²) in [5.41, 5.74) is 0. The van der Waals surface area contributed by atoms with Gasteiger partial charge >= 0.3 is 0 Å². The molecular weight excluding hydrogens is 154 g/mol. The molecule has 0 unspecified atom stereocenters. The largest absolute Gasteiger partial charge is 0.328 e. The molecule has 0 aromatic carbocycles. The van der Waals surface area contributed by atoms with Gasteiger partial charge in [0.05, 0.1) is 7.59 Å². The maximum atomic E-state index is 2.55. The third-order valence-electron chi connectivity index (χ3n) is 1.26. The molecule has 0 aromatic heterocycles. The van der Waals surface area contributed by atoms with E-state index in [-0.39, 0.29) is 0 Å². The standard InChI is InChI=1S/C7H19NSi2/c1-6-8(7-2)9-10(3,4)5/h6-7H2,1-5H3. The molecule has 0 saturated carbocycles. The van der Waals surface area contributed by atoms with Gasteiger partial charge in [0.15, 0.2) is 0 Å². The Morgan fingerprint density at radius 1 is 1.10 bits per heavy atom. The Labute approximate surface area is 68.5 Å². The Morgan fingerprint density at radius 2 is 1.50 bits per heavy atom. The van der Waals surface area contributed by atoms with Crippen LogP contribution in [0.4, 0.5) is 0 Å². The molecule has 0 aliphatic heterocycles. The van der Waals surface area contributed by atoms with Crippen molar-refractivity contribution in [2.24, 2.45) is 0 Å². The third kappa shape index (κ3) is 5.20. The quantitative estimate of drug-likeness (QED) is 0.586. The minimum atomic E-state index is -0.809. The van der Waals surface area contributed by atoms with Crippen molar-refractivity contribution in [3.63, 3.8) is 0 Å². The van der Waals surface area contributed by atoms with Crippen LogP contribution < -0.4 is 0 Å². The number of hydrogen-bond acceptors (Lipinski definition) is 1. The molecule has 60 valence electrons. The highest BCUT2D eigenvalue weighted by Crippen LogP contribution is 2.00. The summed E-state index contributed by atoms with van der Waals surface area (Å²) < 4.78 is 2.55. The fraction of sp³-hybridized carbons (Fsp3) is 1.00. The van der Waals surface area contributed by atoms with Crippen molar-refractivity contribution in [1.29, 1.82) is 0 Å². The predicted molar refractivity (Wildman–Crippen MR) is 52.0 cm³/mol. The molecule has 0 amide bonds. The molecule has 0 fully saturated rings. The highest BCUT2D eigenvalue weighted by atomic mass is 29.2. The van der Waals surface area contributed by atoms with E-state index in [0.29, 0.717) is 0 Å². The lowest BCUT2D eigenvalue weighted by molar-refractivity contribution is 0.500. The van der Waals surface area contributed by atoms with Crippen molar-refractivity contribution >= 4 is 16.8 Å². The predicted octanol–water partition coefficient (Wildman–Crippen LogP) is 1.78. The third-order valence-corrected chi connectivity index (χ3v) is 5.84. The zero-order valence-corrected chi connectivity index (χ0v) is 9.86. The summed E-state index contributed by atoms with van der Waals surface area (Å²) in [6.07, 6.45) is 0. The Bertz CT molecular complexity index is 84.1. The van der Waals surface area contributed by atoms with Crippen molar-refractivity contribution in [1.82, 2.24) is 4.57 Å². The molecule has 2 radical (unpaired) electrons. The van der Waals surface area contributed by atoms with Crippen LogP contribution in [0.15, 0.2) is 0 Å². The molecule has 0 saturated heterocycles. The Hall–Kier alpha value is 0.394. The topological polar surface area (TPSA) is 3.24 Å². The summed E-state index contributed by atoms with van der Waals surface area (Å²) in [7, 11) is 0.296. The van der Waals surface area contributed by atoms with Gasteiger partial charge in [-0.1, -0.05) is 33.5 Å². The highest BCUT2D eigenvalue weighted by Gasteiger charge is 2.17. The van der Waals surface area contributed by atoms with Crippen molar-refractivity contribution in [2.75, 3.05) is 13.1 Å². The summed E-state index contributed by atoms with van der Waals surface area (Å²) in [6.45, 7) is 14.2. The second-order valence-corrected chi connectivity index (χ2v) is 14.1. The van der Waals surface area contributed by atoms with Crippen LogP contribution in [0.1, 0.15) is 13.8 Å². The van der Waals surface area contributed by atoms with Crippen LogP contribution in [0, 0.1) is 0 Å². The average molecular weight is 173 g/mol. The molecule has 3 heteroatoms. The monoisotopic (exact) mass is 173 g/mol. The Balaban J connectivity index is 3.63. The second kappa shape index (κ2) is 4.31. The van der Waals surface area contributed by atoms with E-state index in [0.717, 1.165) is 9.20 Å². The summed E-state index contributed by atoms with van der Waals surface area (Å²) >= 11 is 0. The van der Waals surface area contributed by atoms with Gasteiger partial charge in [0, 0.05) is 0 Å². The van der Waals surface area contributed by atoms with E-state index in [2.05, 4.69) is 38.1 Å². The van der Waals surface area contributed by atoms with Gasteiger partial charge < -0.3 is 4.57 Å². The number of nitrogens with zero attached hydrogens (tertiary/aromatic N) is 1. The maximum absolute atomic E-state index is 2.55. The summed E-state index contributed by atoms with van der Waals surface area (Å²) in [4.78, 5) is 0. The lowest BCUT2D eigenvalue weighted by Crippen LogP contribution is -2.43. The summed E-state index contributed by atoms with van der Waals surface area (Å²) in [5, 5.41) is 0. The molecule has 0 rings (SSSR count). The Kier molecular flexibility index (Phi) is 4.48. The van der Waals surface area contributed by atoms with E-state index in [1.807, 2.05) is 0 Å². The zero-order valence-electron chi connectivity index (χ0n) is 7.86. The van der Waals surface area contributed by atoms with Crippen molar-refractivity contribution in [2.45, 2.75) is 33.5 Å². The van der Waals surface area contributed by atoms with Gasteiger partial charge in [0.25, 0.3) is 0 Å². The molecule has 0 atom stereocenters. The van der Waals surface area contributed by atoms with Gasteiger partial charge in [-0.15, -0.1) is 0 Å². The SMILES string of the molecule is CCN(CC)[Si][Si](C)(C)C. The van der Waals surface area contributed by atoms with Gasteiger partial charge in [-0.2, -0.15) is 0 Å². The van der Waals surface area contributed by atoms with Crippen LogP contribution in [0.2, 0.25) is 19.6 Å². The van der Waals surface area contributed by atoms with Crippen LogP contribution in [-0.4, -0.2) is 34.4 Å². The zero-order chi connectivity index (χ0) is 8.20. The molecule has 0 N–H and O–H groups in total. The van der Waals surface area contributed by atoms with Gasteiger partial charge in [-0.3, -0.25) is 0 Å². The maximum Gasteiger partial charge on any atom is 0.126 e. The second-order valence-electron chi connectivity index (χ2n) is 3.53. The van der Waals surface area contributed by atoms with E-state index >= 15 is 0 Å². The molecule has 0 bridgehead atoms. The average Bonchev–Trinajstić information content (AvgIpc) is 1.81. The van der Waals surface area contributed by atoms with Gasteiger partial charge in [0.1, 0.15) is 9.20 Å². The summed E-state index contributed by atoms with van der Waals surface area (Å²) in [6, 6.07) is 0. The molecule has 0 heterocycles. The molecule has 0 aliphatic carbocycles. The fourth-order valence-corrected chi connectivity index (χ4v) is 5.92. The number of rotatable bonds is 4. The van der Waals surface area contributed by atoms with E-state index in [9.17, 15) is 0 Å². The van der Waals surface area contributed by atoms with Crippen LogP contribution in [0.3, 0.4) is 0 Å². The first kappa shape index (κ1) is 10.4. The van der Waals surface area contributed by atoms with Crippen LogP contribution in [0.5, 0.6) is 0 Å². The smallest absolute Gasteiger partial charge is 0.126 e. The number of hydrogen-bond donors (Lipinski definition) is 0. The van der Waals surface area contributed by atoms with Crippen LogP contribution in [0.25, 0.3) is 0 Å².